The summed E-state index contributed by atoms with van der Waals surface area (Å²) in [5, 5.41) is 19.9. The van der Waals surface area contributed by atoms with Gasteiger partial charge in [-0.1, -0.05) is 30.7 Å². The van der Waals surface area contributed by atoms with Gasteiger partial charge in [-0.2, -0.15) is 5.26 Å². The van der Waals surface area contributed by atoms with E-state index in [-0.39, 0.29) is 30.6 Å². The average molecular weight is 522 g/mol. The van der Waals surface area contributed by atoms with Gasteiger partial charge in [0.15, 0.2) is 5.78 Å². The highest BCUT2D eigenvalue weighted by molar-refractivity contribution is 6.30. The second kappa shape index (κ2) is 11.9. The molecule has 1 fully saturated rings. The fraction of sp³-hybridized carbons (Fsp3) is 0.448. The molecular weight excluding hydrogens is 490 g/mol. The molecule has 194 valence electrons. The number of benzene rings is 1. The first kappa shape index (κ1) is 26.8. The number of hydrogen-bond acceptors (Lipinski definition) is 5. The van der Waals surface area contributed by atoms with Gasteiger partial charge >= 0.3 is 5.97 Å². The van der Waals surface area contributed by atoms with Crippen LogP contribution in [0.1, 0.15) is 72.6 Å². The van der Waals surface area contributed by atoms with Gasteiger partial charge in [-0.15, -0.1) is 0 Å². The van der Waals surface area contributed by atoms with E-state index >= 15 is 0 Å². The predicted octanol–water partition coefficient (Wildman–Crippen LogP) is 6.10. The van der Waals surface area contributed by atoms with Crippen LogP contribution < -0.4 is 0 Å². The smallest absolute Gasteiger partial charge is 0.303 e. The lowest BCUT2D eigenvalue weighted by Crippen LogP contribution is -2.24. The number of Topliss-reactive ketones (excluding diaryl/α,β-unsaturated/α-hetero) is 1. The molecule has 0 amide bonds. The van der Waals surface area contributed by atoms with Crippen LogP contribution in [0, 0.1) is 23.2 Å². The minimum absolute atomic E-state index is 0.0628. The quantitative estimate of drug-likeness (QED) is 0.323. The first-order chi connectivity index (χ1) is 17.7. The van der Waals surface area contributed by atoms with Gasteiger partial charge < -0.3 is 14.4 Å². The number of aliphatic carboxylic acids is 1. The minimum Gasteiger partial charge on any atom is -0.481 e. The number of pyridine rings is 1. The van der Waals surface area contributed by atoms with Crippen molar-refractivity contribution in [1.29, 1.82) is 5.26 Å². The molecule has 8 heteroatoms. The minimum atomic E-state index is -0.916. The highest BCUT2D eigenvalue weighted by atomic mass is 35.5. The van der Waals surface area contributed by atoms with Crippen LogP contribution in [0.5, 0.6) is 0 Å². The third-order valence-corrected chi connectivity index (χ3v) is 7.50. The molecule has 3 aromatic rings. The number of carbonyl (C=O) groups is 2. The Hall–Kier alpha value is -3.21. The lowest BCUT2D eigenvalue weighted by atomic mass is 9.83. The van der Waals surface area contributed by atoms with Crippen molar-refractivity contribution < 1.29 is 19.4 Å². The van der Waals surface area contributed by atoms with E-state index in [1.165, 1.54) is 6.20 Å². The Balaban J connectivity index is 1.49. The molecule has 1 aliphatic carbocycles. The van der Waals surface area contributed by atoms with Crippen LogP contribution in [-0.2, 0) is 29.6 Å². The third kappa shape index (κ3) is 6.57. The summed E-state index contributed by atoms with van der Waals surface area (Å²) in [6, 6.07) is 11.6. The number of aryl methyl sites for hydroxylation is 1. The second-order valence-corrected chi connectivity index (χ2v) is 10.6. The largest absolute Gasteiger partial charge is 0.481 e. The molecule has 4 rings (SSSR count). The number of hydrogen-bond donors (Lipinski definition) is 1. The van der Waals surface area contributed by atoms with Gasteiger partial charge in [-0.05, 0) is 67.7 Å². The summed E-state index contributed by atoms with van der Waals surface area (Å²) in [6.07, 6.45) is 6.39. The number of carboxylic acid groups (broad SMARTS) is 1. The van der Waals surface area contributed by atoms with Crippen LogP contribution in [0.3, 0.4) is 0 Å². The molecular formula is C29H32ClN3O4. The highest BCUT2D eigenvalue weighted by Gasteiger charge is 2.28. The maximum atomic E-state index is 13.5. The molecule has 1 N–H and O–H groups in total. The number of carbonyl (C=O) groups excluding carboxylic acids is 1. The van der Waals surface area contributed by atoms with Crippen LogP contribution >= 0.6 is 11.6 Å². The van der Waals surface area contributed by atoms with E-state index < -0.39 is 5.97 Å². The van der Waals surface area contributed by atoms with Gasteiger partial charge in [0, 0.05) is 47.8 Å². The lowest BCUT2D eigenvalue weighted by Gasteiger charge is -2.29. The molecule has 0 bridgehead atoms. The van der Waals surface area contributed by atoms with Gasteiger partial charge in [0.2, 0.25) is 0 Å². The molecule has 0 saturated heterocycles. The number of rotatable bonds is 10. The molecule has 1 atom stereocenters. The Morgan fingerprint density at radius 2 is 2.00 bits per heavy atom. The van der Waals surface area contributed by atoms with Crippen molar-refractivity contribution in [1.82, 2.24) is 9.55 Å². The number of aromatic nitrogens is 2. The molecule has 7 nitrogen and oxygen atoms in total. The summed E-state index contributed by atoms with van der Waals surface area (Å²) in [4.78, 5) is 29.1. The van der Waals surface area contributed by atoms with E-state index in [1.807, 2.05) is 35.9 Å². The van der Waals surface area contributed by atoms with Gasteiger partial charge in [-0.3, -0.25) is 9.59 Å². The summed E-state index contributed by atoms with van der Waals surface area (Å²) < 4.78 is 8.12. The Morgan fingerprint density at radius 3 is 2.68 bits per heavy atom. The van der Waals surface area contributed by atoms with Crippen molar-refractivity contribution in [3.05, 3.63) is 63.9 Å². The maximum Gasteiger partial charge on any atom is 0.303 e. The Kier molecular flexibility index (Phi) is 8.63. The Bertz CT molecular complexity index is 1330. The molecule has 1 unspecified atom stereocenters. The summed E-state index contributed by atoms with van der Waals surface area (Å²) in [7, 11) is 1.91. The van der Waals surface area contributed by atoms with Crippen molar-refractivity contribution >= 4 is 34.4 Å². The van der Waals surface area contributed by atoms with E-state index in [4.69, 9.17) is 21.4 Å². The van der Waals surface area contributed by atoms with Crippen molar-refractivity contribution in [2.24, 2.45) is 18.9 Å². The predicted molar refractivity (Wildman–Crippen MR) is 141 cm³/mol. The molecule has 37 heavy (non-hydrogen) atoms. The molecule has 1 aliphatic rings. The van der Waals surface area contributed by atoms with Crippen LogP contribution in [0.4, 0.5) is 0 Å². The topological polar surface area (TPSA) is 105 Å². The zero-order valence-corrected chi connectivity index (χ0v) is 22.0. The highest BCUT2D eigenvalue weighted by Crippen LogP contribution is 2.34. The fourth-order valence-corrected chi connectivity index (χ4v) is 5.59. The fourth-order valence-electron chi connectivity index (χ4n) is 5.38. The summed E-state index contributed by atoms with van der Waals surface area (Å²) in [5.41, 5.74) is 3.62. The van der Waals surface area contributed by atoms with E-state index in [0.29, 0.717) is 39.7 Å². The number of carboxylic acids is 1. The Morgan fingerprint density at radius 1 is 1.24 bits per heavy atom. The second-order valence-electron chi connectivity index (χ2n) is 10.2. The van der Waals surface area contributed by atoms with Gasteiger partial charge in [0.05, 0.1) is 18.3 Å². The molecule has 0 aliphatic heterocycles. The van der Waals surface area contributed by atoms with Crippen molar-refractivity contribution in [2.75, 3.05) is 0 Å². The van der Waals surface area contributed by atoms with Gasteiger partial charge in [-0.25, -0.2) is 4.98 Å². The van der Waals surface area contributed by atoms with E-state index in [9.17, 15) is 14.9 Å². The number of halogens is 1. The SMILES string of the molecule is CC(CC(=O)O)CC(=O)c1c(C[C@H]2CC[C@@H](OCc3cccc(Cl)c3)CC2)n(C)c2ncc(C#N)cc12. The third-order valence-electron chi connectivity index (χ3n) is 7.26. The zero-order valence-electron chi connectivity index (χ0n) is 21.2. The number of nitriles is 1. The molecule has 2 heterocycles. The average Bonchev–Trinajstić information content (AvgIpc) is 3.13. The van der Waals surface area contributed by atoms with Gasteiger partial charge in [0.25, 0.3) is 0 Å². The van der Waals surface area contributed by atoms with Crippen LogP contribution in [-0.4, -0.2) is 32.5 Å². The molecule has 0 radical (unpaired) electrons. The monoisotopic (exact) mass is 521 g/mol. The summed E-state index contributed by atoms with van der Waals surface area (Å²) in [5.74, 6) is -0.897. The number of ketones is 1. The van der Waals surface area contributed by atoms with E-state index in [1.54, 1.807) is 13.0 Å². The van der Waals surface area contributed by atoms with Crippen molar-refractivity contribution in [3.63, 3.8) is 0 Å². The number of fused-ring (bicyclic) bond motifs is 1. The molecule has 2 aromatic heterocycles. The number of nitrogens with zero attached hydrogens (tertiary/aromatic N) is 3. The van der Waals surface area contributed by atoms with E-state index in [0.717, 1.165) is 43.4 Å². The molecule has 1 saturated carbocycles. The number of ether oxygens (including phenoxy) is 1. The van der Waals surface area contributed by atoms with Crippen molar-refractivity contribution in [2.45, 2.75) is 64.6 Å². The molecule has 0 spiro atoms. The summed E-state index contributed by atoms with van der Waals surface area (Å²) in [6.45, 7) is 2.32. The van der Waals surface area contributed by atoms with Crippen LogP contribution in [0.25, 0.3) is 11.0 Å². The standard InChI is InChI=1S/C29H32ClN3O4/c1-18(11-27(35)36)10-26(34)28-24-13-21(15-31)16-32-29(24)33(2)25(28)14-19-6-8-23(9-7-19)37-17-20-4-3-5-22(30)12-20/h3-5,12-13,16,18-19,23H,6-11,14,17H2,1-2H3,(H,35,36)/t18?,19-,23+. The van der Waals surface area contributed by atoms with Crippen molar-refractivity contribution in [3.8, 4) is 6.07 Å². The zero-order chi connectivity index (χ0) is 26.5. The van der Waals surface area contributed by atoms with E-state index in [2.05, 4.69) is 11.1 Å². The van der Waals surface area contributed by atoms with Crippen LogP contribution in [0.2, 0.25) is 5.02 Å². The normalized spacial score (nSPS) is 18.4. The maximum absolute atomic E-state index is 13.5. The first-order valence-corrected chi connectivity index (χ1v) is 13.1. The Labute approximate surface area is 222 Å². The van der Waals surface area contributed by atoms with Crippen LogP contribution in [0.15, 0.2) is 36.5 Å². The first-order valence-electron chi connectivity index (χ1n) is 12.7. The van der Waals surface area contributed by atoms with Gasteiger partial charge in [0.1, 0.15) is 11.7 Å². The summed E-state index contributed by atoms with van der Waals surface area (Å²) >= 11 is 6.08. The molecule has 1 aromatic carbocycles. The lowest BCUT2D eigenvalue weighted by molar-refractivity contribution is -0.137.